The first-order valence-corrected chi connectivity index (χ1v) is 7.34. The summed E-state index contributed by atoms with van der Waals surface area (Å²) in [4.78, 5) is 2.09. The highest BCUT2D eigenvalue weighted by molar-refractivity contribution is 7.21. The van der Waals surface area contributed by atoms with Crippen LogP contribution in [0.5, 0.6) is 0 Å². The molecule has 0 bridgehead atoms. The largest absolute Gasteiger partial charge is 0.502 e. The van der Waals surface area contributed by atoms with Gasteiger partial charge in [0.15, 0.2) is 0 Å². The summed E-state index contributed by atoms with van der Waals surface area (Å²) in [6, 6.07) is 1.92. The Morgan fingerprint density at radius 1 is 1.37 bits per heavy atom. The Kier molecular flexibility index (Phi) is 5.06. The number of hydrogen-bond acceptors (Lipinski definition) is 5. The third kappa shape index (κ3) is 3.95. The molecule has 2 N–H and O–H groups in total. The van der Waals surface area contributed by atoms with Crippen LogP contribution in [-0.4, -0.2) is 42.0 Å². The molecule has 0 aromatic carbocycles. The zero-order valence-corrected chi connectivity index (χ0v) is 13.4. The molecule has 0 spiro atoms. The third-order valence-electron chi connectivity index (χ3n) is 3.64. The van der Waals surface area contributed by atoms with Gasteiger partial charge in [-0.1, -0.05) is 0 Å². The summed E-state index contributed by atoms with van der Waals surface area (Å²) in [7, 11) is 0.977. The van der Waals surface area contributed by atoms with Crippen molar-refractivity contribution >= 4 is 28.9 Å². The van der Waals surface area contributed by atoms with E-state index in [0.29, 0.717) is 0 Å². The van der Waals surface area contributed by atoms with Crippen LogP contribution in [0.4, 0.5) is 5.69 Å². The molecule has 0 aliphatic heterocycles. The molecule has 19 heavy (non-hydrogen) atoms. The fourth-order valence-electron chi connectivity index (χ4n) is 1.34. The van der Waals surface area contributed by atoms with Crippen molar-refractivity contribution < 1.29 is 14.8 Å². The maximum atomic E-state index is 10.1. The van der Waals surface area contributed by atoms with Crippen LogP contribution in [-0.2, 0) is 4.65 Å². The normalized spacial score (nSPS) is 12.6. The van der Waals surface area contributed by atoms with Gasteiger partial charge < -0.3 is 19.7 Å². The zero-order valence-electron chi connectivity index (χ0n) is 12.6. The van der Waals surface area contributed by atoms with E-state index in [1.807, 2.05) is 18.5 Å². The molecule has 108 valence electrons. The molecule has 4 nitrogen and oxygen atoms in total. The minimum absolute atomic E-state index is 0.743. The van der Waals surface area contributed by atoms with Gasteiger partial charge in [-0.25, -0.2) is 0 Å². The molecule has 0 radical (unpaired) electrons. The van der Waals surface area contributed by atoms with Crippen molar-refractivity contribution in [2.75, 3.05) is 18.5 Å². The fourth-order valence-corrected chi connectivity index (χ4v) is 2.19. The van der Waals surface area contributed by atoms with Gasteiger partial charge in [-0.15, -0.1) is 0 Å². The lowest BCUT2D eigenvalue weighted by Crippen LogP contribution is -2.52. The van der Waals surface area contributed by atoms with Gasteiger partial charge in [0.05, 0.1) is 11.2 Å². The molecule has 0 atom stereocenters. The molecule has 1 aromatic heterocycles. The van der Waals surface area contributed by atoms with E-state index in [9.17, 15) is 10.1 Å². The topological polar surface area (TPSA) is 52.9 Å². The molecule has 0 fully saturated rings. The van der Waals surface area contributed by atoms with E-state index in [1.165, 1.54) is 11.3 Å². The van der Waals surface area contributed by atoms with Crippen molar-refractivity contribution in [2.24, 2.45) is 0 Å². The van der Waals surface area contributed by atoms with Gasteiger partial charge in [0, 0.05) is 29.4 Å². The van der Waals surface area contributed by atoms with E-state index < -0.39 is 18.3 Å². The SMILES string of the molecule is CCN(C)c1csc(B(O)OC(C)(C)C(C)(C)O)c1. The van der Waals surface area contributed by atoms with E-state index in [0.717, 1.165) is 17.0 Å². The number of rotatable bonds is 6. The number of anilines is 1. The van der Waals surface area contributed by atoms with Crippen molar-refractivity contribution in [1.29, 1.82) is 0 Å². The molecule has 0 saturated heterocycles. The Labute approximate surface area is 120 Å². The van der Waals surface area contributed by atoms with Crippen LogP contribution in [0.15, 0.2) is 11.4 Å². The molecule has 6 heteroatoms. The van der Waals surface area contributed by atoms with Crippen LogP contribution in [0.3, 0.4) is 0 Å². The number of nitrogens with zero attached hydrogens (tertiary/aromatic N) is 1. The Morgan fingerprint density at radius 3 is 2.42 bits per heavy atom. The zero-order chi connectivity index (χ0) is 14.8. The van der Waals surface area contributed by atoms with Crippen molar-refractivity contribution in [3.8, 4) is 0 Å². The molecule has 1 rings (SSSR count). The van der Waals surface area contributed by atoms with Crippen LogP contribution in [0.1, 0.15) is 34.6 Å². The van der Waals surface area contributed by atoms with Gasteiger partial charge in [-0.2, -0.15) is 11.3 Å². The lowest BCUT2D eigenvalue weighted by atomic mass is 9.82. The van der Waals surface area contributed by atoms with Crippen LogP contribution >= 0.6 is 11.3 Å². The Balaban J connectivity index is 2.79. The van der Waals surface area contributed by atoms with Crippen molar-refractivity contribution in [3.63, 3.8) is 0 Å². The van der Waals surface area contributed by atoms with Gasteiger partial charge in [0.2, 0.25) is 0 Å². The van der Waals surface area contributed by atoms with Gasteiger partial charge in [-0.3, -0.25) is 0 Å². The van der Waals surface area contributed by atoms with Crippen molar-refractivity contribution in [1.82, 2.24) is 0 Å². The van der Waals surface area contributed by atoms with E-state index in [1.54, 1.807) is 27.7 Å². The first-order chi connectivity index (χ1) is 8.58. The summed E-state index contributed by atoms with van der Waals surface area (Å²) in [6.07, 6.45) is 0. The van der Waals surface area contributed by atoms with Crippen LogP contribution in [0.25, 0.3) is 0 Å². The summed E-state index contributed by atoms with van der Waals surface area (Å²) in [5.74, 6) is 0. The maximum Gasteiger partial charge on any atom is 0.502 e. The second kappa shape index (κ2) is 5.83. The maximum absolute atomic E-state index is 10.1. The highest BCUT2D eigenvalue weighted by atomic mass is 32.1. The predicted octanol–water partition coefficient (Wildman–Crippen LogP) is 1.46. The smallest absolute Gasteiger partial charge is 0.423 e. The van der Waals surface area contributed by atoms with E-state index in [-0.39, 0.29) is 0 Å². The highest BCUT2D eigenvalue weighted by Gasteiger charge is 2.39. The average molecular weight is 285 g/mol. The summed E-state index contributed by atoms with van der Waals surface area (Å²) in [5.41, 5.74) is -0.812. The Morgan fingerprint density at radius 2 is 1.95 bits per heavy atom. The number of aliphatic hydroxyl groups is 1. The molecule has 1 aromatic rings. The van der Waals surface area contributed by atoms with E-state index in [4.69, 9.17) is 4.65 Å². The van der Waals surface area contributed by atoms with Crippen molar-refractivity contribution in [3.05, 3.63) is 11.4 Å². The highest BCUT2D eigenvalue weighted by Crippen LogP contribution is 2.26. The Hall–Kier alpha value is -0.555. The van der Waals surface area contributed by atoms with Crippen molar-refractivity contribution in [2.45, 2.75) is 45.8 Å². The van der Waals surface area contributed by atoms with E-state index >= 15 is 0 Å². The lowest BCUT2D eigenvalue weighted by Gasteiger charge is -2.38. The lowest BCUT2D eigenvalue weighted by molar-refractivity contribution is -0.0981. The van der Waals surface area contributed by atoms with Crippen LogP contribution in [0.2, 0.25) is 0 Å². The predicted molar refractivity (Wildman–Crippen MR) is 82.3 cm³/mol. The standard InChI is InChI=1S/C13H24BNO3S/c1-7-15(6)10-8-11(19-9-10)14(17)18-13(4,5)12(2,3)16/h8-9,16-17H,7H2,1-6H3. The second-order valence-corrected chi connectivity index (χ2v) is 6.70. The minimum atomic E-state index is -1.03. The molecule has 0 aliphatic rings. The van der Waals surface area contributed by atoms with Crippen LogP contribution < -0.4 is 9.68 Å². The molecule has 0 amide bonds. The summed E-state index contributed by atoms with van der Waals surface area (Å²) in [5, 5.41) is 22.2. The number of hydrogen-bond donors (Lipinski definition) is 2. The van der Waals surface area contributed by atoms with Gasteiger partial charge >= 0.3 is 7.12 Å². The number of thiophene rings is 1. The molecular formula is C13H24BNO3S. The monoisotopic (exact) mass is 285 g/mol. The first-order valence-electron chi connectivity index (χ1n) is 6.46. The quantitative estimate of drug-likeness (QED) is 0.777. The summed E-state index contributed by atoms with van der Waals surface area (Å²) in [6.45, 7) is 9.85. The molecule has 0 saturated carbocycles. The van der Waals surface area contributed by atoms with Gasteiger partial charge in [0.25, 0.3) is 0 Å². The van der Waals surface area contributed by atoms with E-state index in [2.05, 4.69) is 11.8 Å². The third-order valence-corrected chi connectivity index (χ3v) is 4.60. The Bertz CT molecular complexity index is 414. The second-order valence-electron chi connectivity index (χ2n) is 5.76. The van der Waals surface area contributed by atoms with Gasteiger partial charge in [-0.05, 0) is 40.7 Å². The fraction of sp³-hybridized carbons (Fsp3) is 0.692. The average Bonchev–Trinajstić information content (AvgIpc) is 2.75. The first kappa shape index (κ1) is 16.5. The molecule has 0 aliphatic carbocycles. The molecule has 1 heterocycles. The summed E-state index contributed by atoms with van der Waals surface area (Å²) < 4.78 is 6.36. The minimum Gasteiger partial charge on any atom is -0.423 e. The van der Waals surface area contributed by atoms with Crippen LogP contribution in [0, 0.1) is 0 Å². The summed E-state index contributed by atoms with van der Waals surface area (Å²) >= 11 is 1.45. The molecular weight excluding hydrogens is 261 g/mol. The molecule has 0 unspecified atom stereocenters. The van der Waals surface area contributed by atoms with Gasteiger partial charge in [0.1, 0.15) is 0 Å².